The van der Waals surface area contributed by atoms with E-state index in [1.165, 1.54) is 5.69 Å². The number of aromatic nitrogens is 2. The van der Waals surface area contributed by atoms with Crippen LogP contribution in [0.5, 0.6) is 0 Å². The summed E-state index contributed by atoms with van der Waals surface area (Å²) in [6, 6.07) is 14.0. The number of nitrogens with zero attached hydrogens (tertiary/aromatic N) is 2. The highest BCUT2D eigenvalue weighted by Gasteiger charge is 2.30. The fraction of sp³-hybridized carbons (Fsp3) is 0.350. The average molecular weight is 353 g/mol. The number of aliphatic hydroxyl groups excluding tert-OH is 1. The van der Waals surface area contributed by atoms with Crippen LogP contribution in [0.3, 0.4) is 0 Å². The molecule has 2 N–H and O–H groups in total. The van der Waals surface area contributed by atoms with E-state index in [-0.39, 0.29) is 12.6 Å². The third-order valence-electron chi connectivity index (χ3n) is 4.78. The molecule has 2 aromatic heterocycles. The van der Waals surface area contributed by atoms with E-state index in [0.29, 0.717) is 25.5 Å². The van der Waals surface area contributed by atoms with Gasteiger partial charge in [0.05, 0.1) is 37.8 Å². The van der Waals surface area contributed by atoms with Gasteiger partial charge in [0.2, 0.25) is 0 Å². The first-order chi connectivity index (χ1) is 12.8. The number of aliphatic hydroxyl groups is 1. The maximum absolute atomic E-state index is 9.19. The minimum absolute atomic E-state index is 0.0763. The van der Waals surface area contributed by atoms with E-state index >= 15 is 0 Å². The van der Waals surface area contributed by atoms with Crippen molar-refractivity contribution in [3.05, 3.63) is 77.3 Å². The molecular weight excluding hydrogens is 330 g/mol. The van der Waals surface area contributed by atoms with Gasteiger partial charge >= 0.3 is 0 Å². The molecule has 4 rings (SSSR count). The molecule has 6 nitrogen and oxygen atoms in total. The molecule has 1 aromatic carbocycles. The Morgan fingerprint density at radius 2 is 2.04 bits per heavy atom. The van der Waals surface area contributed by atoms with Crippen LogP contribution in [0.4, 0.5) is 0 Å². The number of imidazole rings is 1. The fourth-order valence-corrected chi connectivity index (χ4v) is 3.43. The largest absolute Gasteiger partial charge is 0.462 e. The SMILES string of the molecule is OCc1ccc(CN2CCc3[nH]cnc3C2COCc2ccccc2)o1. The maximum atomic E-state index is 9.19. The highest BCUT2D eigenvalue weighted by molar-refractivity contribution is 5.20. The molecule has 0 radical (unpaired) electrons. The Labute approximate surface area is 152 Å². The van der Waals surface area contributed by atoms with Crippen LogP contribution in [0.15, 0.2) is 53.2 Å². The number of fused-ring (bicyclic) bond motifs is 1. The second kappa shape index (κ2) is 7.86. The maximum Gasteiger partial charge on any atom is 0.129 e. The Kier molecular flexibility index (Phi) is 5.15. The van der Waals surface area contributed by atoms with Crippen LogP contribution >= 0.6 is 0 Å². The molecule has 26 heavy (non-hydrogen) atoms. The zero-order valence-electron chi connectivity index (χ0n) is 14.6. The van der Waals surface area contributed by atoms with E-state index in [2.05, 4.69) is 27.0 Å². The summed E-state index contributed by atoms with van der Waals surface area (Å²) in [4.78, 5) is 10.1. The lowest BCUT2D eigenvalue weighted by atomic mass is 10.0. The monoisotopic (exact) mass is 353 g/mol. The summed E-state index contributed by atoms with van der Waals surface area (Å²) in [5, 5.41) is 9.19. The summed E-state index contributed by atoms with van der Waals surface area (Å²) >= 11 is 0. The molecule has 1 atom stereocenters. The van der Waals surface area contributed by atoms with Crippen LogP contribution in [0, 0.1) is 0 Å². The molecule has 0 saturated carbocycles. The molecule has 1 unspecified atom stereocenters. The molecule has 0 fully saturated rings. The quantitative estimate of drug-likeness (QED) is 0.683. The normalized spacial score (nSPS) is 17.3. The van der Waals surface area contributed by atoms with E-state index in [0.717, 1.165) is 30.0 Å². The minimum atomic E-state index is -0.0763. The van der Waals surface area contributed by atoms with Gasteiger partial charge in [-0.25, -0.2) is 4.98 Å². The van der Waals surface area contributed by atoms with Gasteiger partial charge in [-0.3, -0.25) is 4.90 Å². The average Bonchev–Trinajstić information content (AvgIpc) is 3.33. The first-order valence-corrected chi connectivity index (χ1v) is 8.90. The lowest BCUT2D eigenvalue weighted by Gasteiger charge is -2.34. The van der Waals surface area contributed by atoms with Gasteiger partial charge in [-0.05, 0) is 17.7 Å². The van der Waals surface area contributed by atoms with Crippen LogP contribution in [0.25, 0.3) is 0 Å². The molecule has 1 aliphatic heterocycles. The van der Waals surface area contributed by atoms with Gasteiger partial charge in [0, 0.05) is 18.7 Å². The topological polar surface area (TPSA) is 74.5 Å². The number of hydrogen-bond donors (Lipinski definition) is 2. The summed E-state index contributed by atoms with van der Waals surface area (Å²) in [7, 11) is 0. The Balaban J connectivity index is 1.45. The molecule has 0 saturated heterocycles. The Morgan fingerprint density at radius 3 is 2.85 bits per heavy atom. The first kappa shape index (κ1) is 17.0. The van der Waals surface area contributed by atoms with Crippen LogP contribution in [-0.4, -0.2) is 33.1 Å². The number of furan rings is 1. The van der Waals surface area contributed by atoms with Crippen molar-refractivity contribution in [3.8, 4) is 0 Å². The van der Waals surface area contributed by atoms with Gasteiger partial charge < -0.3 is 19.2 Å². The van der Waals surface area contributed by atoms with Crippen LogP contribution in [0.1, 0.15) is 34.5 Å². The molecule has 0 bridgehead atoms. The van der Waals surface area contributed by atoms with Gasteiger partial charge in [-0.15, -0.1) is 0 Å². The number of rotatable bonds is 7. The summed E-state index contributed by atoms with van der Waals surface area (Å²) in [5.74, 6) is 1.44. The van der Waals surface area contributed by atoms with Gasteiger partial charge in [0.15, 0.2) is 0 Å². The Hall–Kier alpha value is -2.41. The van der Waals surface area contributed by atoms with Crippen molar-refractivity contribution < 1.29 is 14.3 Å². The van der Waals surface area contributed by atoms with Crippen molar-refractivity contribution in [1.29, 1.82) is 0 Å². The summed E-state index contributed by atoms with van der Waals surface area (Å²) in [5.41, 5.74) is 3.40. The van der Waals surface area contributed by atoms with E-state index in [1.807, 2.05) is 30.3 Å². The Morgan fingerprint density at radius 1 is 1.19 bits per heavy atom. The van der Waals surface area contributed by atoms with Crippen LogP contribution in [-0.2, 0) is 30.9 Å². The number of aromatic amines is 1. The molecule has 0 amide bonds. The van der Waals surface area contributed by atoms with E-state index in [1.54, 1.807) is 6.33 Å². The zero-order valence-corrected chi connectivity index (χ0v) is 14.6. The third-order valence-corrected chi connectivity index (χ3v) is 4.78. The molecule has 136 valence electrons. The molecule has 1 aliphatic rings. The number of H-pyrrole nitrogens is 1. The van der Waals surface area contributed by atoms with Crippen LogP contribution < -0.4 is 0 Å². The molecule has 3 heterocycles. The van der Waals surface area contributed by atoms with Crippen molar-refractivity contribution in [3.63, 3.8) is 0 Å². The van der Waals surface area contributed by atoms with E-state index in [4.69, 9.17) is 9.15 Å². The van der Waals surface area contributed by atoms with Crippen molar-refractivity contribution in [2.45, 2.75) is 32.2 Å². The van der Waals surface area contributed by atoms with Crippen LogP contribution in [0.2, 0.25) is 0 Å². The smallest absolute Gasteiger partial charge is 0.129 e. The molecule has 0 aliphatic carbocycles. The van der Waals surface area contributed by atoms with Gasteiger partial charge in [-0.2, -0.15) is 0 Å². The van der Waals surface area contributed by atoms with Crippen molar-refractivity contribution in [2.24, 2.45) is 0 Å². The number of nitrogens with one attached hydrogen (secondary N) is 1. The van der Waals surface area contributed by atoms with Gasteiger partial charge in [0.1, 0.15) is 18.1 Å². The highest BCUT2D eigenvalue weighted by atomic mass is 16.5. The predicted octanol–water partition coefficient (Wildman–Crippen LogP) is 2.81. The lowest BCUT2D eigenvalue weighted by Crippen LogP contribution is -2.37. The summed E-state index contributed by atoms with van der Waals surface area (Å²) in [6.45, 7) is 2.66. The second-order valence-electron chi connectivity index (χ2n) is 6.53. The lowest BCUT2D eigenvalue weighted by molar-refractivity contribution is 0.0361. The molecular formula is C20H23N3O3. The first-order valence-electron chi connectivity index (χ1n) is 8.90. The predicted molar refractivity (Wildman–Crippen MR) is 96.2 cm³/mol. The zero-order chi connectivity index (χ0) is 17.8. The molecule has 3 aromatic rings. The van der Waals surface area contributed by atoms with E-state index < -0.39 is 0 Å². The molecule has 0 spiro atoms. The van der Waals surface area contributed by atoms with Gasteiger partial charge in [-0.1, -0.05) is 30.3 Å². The highest BCUT2D eigenvalue weighted by Crippen LogP contribution is 2.29. The van der Waals surface area contributed by atoms with Crippen molar-refractivity contribution >= 4 is 0 Å². The van der Waals surface area contributed by atoms with Crippen molar-refractivity contribution in [2.75, 3.05) is 13.2 Å². The third kappa shape index (κ3) is 3.72. The number of benzene rings is 1. The summed E-state index contributed by atoms with van der Waals surface area (Å²) < 4.78 is 11.7. The van der Waals surface area contributed by atoms with Crippen molar-refractivity contribution in [1.82, 2.24) is 14.9 Å². The minimum Gasteiger partial charge on any atom is -0.462 e. The number of ether oxygens (including phenoxy) is 1. The molecule has 6 heteroatoms. The summed E-state index contributed by atoms with van der Waals surface area (Å²) in [6.07, 6.45) is 2.69. The second-order valence-corrected chi connectivity index (χ2v) is 6.53. The fourth-order valence-electron chi connectivity index (χ4n) is 3.43. The number of hydrogen-bond acceptors (Lipinski definition) is 5. The standard InChI is InChI=1S/C20H23N3O3/c24-11-17-7-6-16(26-17)10-23-9-8-18-20(22-14-21-18)19(23)13-25-12-15-4-2-1-3-5-15/h1-7,14,19,24H,8-13H2,(H,21,22). The Bertz CT molecular complexity index is 828. The van der Waals surface area contributed by atoms with Gasteiger partial charge in [0.25, 0.3) is 0 Å². The van der Waals surface area contributed by atoms with E-state index in [9.17, 15) is 5.11 Å².